The van der Waals surface area contributed by atoms with Crippen molar-refractivity contribution in [3.63, 3.8) is 0 Å². The van der Waals surface area contributed by atoms with Crippen LogP contribution in [0.2, 0.25) is 0 Å². The summed E-state index contributed by atoms with van der Waals surface area (Å²) in [5.74, 6) is 2.33. The minimum atomic E-state index is 0.418. The standard InChI is InChI=1S/C14H25N5O/c1-10(19(3)11-5-6-11)8-16-13-7-12(15-2)17-14(18-13)9-20-4/h7,10-11H,5-6,8-9H2,1-4H3,(H2,15,16,17,18). The molecule has 1 heterocycles. The Balaban J connectivity index is 1.95. The molecule has 6 heteroatoms. The van der Waals surface area contributed by atoms with E-state index in [4.69, 9.17) is 4.74 Å². The highest BCUT2D eigenvalue weighted by Gasteiger charge is 2.28. The van der Waals surface area contributed by atoms with Gasteiger partial charge in [-0.05, 0) is 26.8 Å². The predicted molar refractivity (Wildman–Crippen MR) is 81.0 cm³/mol. The summed E-state index contributed by atoms with van der Waals surface area (Å²) < 4.78 is 5.10. The van der Waals surface area contributed by atoms with Crippen LogP contribution in [0.15, 0.2) is 6.07 Å². The molecule has 0 bridgehead atoms. The van der Waals surface area contributed by atoms with Gasteiger partial charge >= 0.3 is 0 Å². The summed E-state index contributed by atoms with van der Waals surface area (Å²) in [6.45, 7) is 3.53. The third-order valence-corrected chi connectivity index (χ3v) is 3.70. The lowest BCUT2D eigenvalue weighted by Crippen LogP contribution is -2.36. The van der Waals surface area contributed by atoms with E-state index in [0.717, 1.165) is 24.2 Å². The first-order valence-corrected chi connectivity index (χ1v) is 7.14. The zero-order chi connectivity index (χ0) is 14.5. The van der Waals surface area contributed by atoms with Crippen LogP contribution < -0.4 is 10.6 Å². The molecule has 112 valence electrons. The Morgan fingerprint density at radius 3 is 2.70 bits per heavy atom. The average Bonchev–Trinajstić information content (AvgIpc) is 3.28. The van der Waals surface area contributed by atoms with Crippen LogP contribution in [0.3, 0.4) is 0 Å². The molecule has 1 fully saturated rings. The fraction of sp³-hybridized carbons (Fsp3) is 0.714. The lowest BCUT2D eigenvalue weighted by Gasteiger charge is -2.25. The molecule has 1 aliphatic carbocycles. The number of nitrogens with zero attached hydrogens (tertiary/aromatic N) is 3. The highest BCUT2D eigenvalue weighted by molar-refractivity contribution is 5.47. The SMILES string of the molecule is CNc1cc(NCC(C)N(C)C2CC2)nc(COC)n1. The number of likely N-dealkylation sites (N-methyl/N-ethyl adjacent to an activating group) is 1. The molecular formula is C14H25N5O. The minimum Gasteiger partial charge on any atom is -0.377 e. The van der Waals surface area contributed by atoms with Gasteiger partial charge in [0.2, 0.25) is 0 Å². The first-order chi connectivity index (χ1) is 9.63. The van der Waals surface area contributed by atoms with Crippen molar-refractivity contribution in [3.05, 3.63) is 11.9 Å². The van der Waals surface area contributed by atoms with Crippen molar-refractivity contribution in [1.82, 2.24) is 14.9 Å². The highest BCUT2D eigenvalue weighted by Crippen LogP contribution is 2.26. The zero-order valence-electron chi connectivity index (χ0n) is 12.8. The minimum absolute atomic E-state index is 0.418. The van der Waals surface area contributed by atoms with Gasteiger partial charge in [0.25, 0.3) is 0 Å². The van der Waals surface area contributed by atoms with Crippen LogP contribution in [0.5, 0.6) is 0 Å². The monoisotopic (exact) mass is 279 g/mol. The van der Waals surface area contributed by atoms with E-state index in [1.165, 1.54) is 12.8 Å². The largest absolute Gasteiger partial charge is 0.377 e. The maximum absolute atomic E-state index is 5.10. The van der Waals surface area contributed by atoms with E-state index in [0.29, 0.717) is 18.5 Å². The number of aromatic nitrogens is 2. The van der Waals surface area contributed by atoms with E-state index in [-0.39, 0.29) is 0 Å². The van der Waals surface area contributed by atoms with Gasteiger partial charge in [0, 0.05) is 38.9 Å². The molecule has 0 saturated heterocycles. The van der Waals surface area contributed by atoms with Gasteiger partial charge in [-0.3, -0.25) is 4.90 Å². The molecule has 0 spiro atoms. The van der Waals surface area contributed by atoms with Crippen LogP contribution in [0.4, 0.5) is 11.6 Å². The summed E-state index contributed by atoms with van der Waals surface area (Å²) in [6.07, 6.45) is 2.66. The van der Waals surface area contributed by atoms with Crippen LogP contribution in [-0.2, 0) is 11.3 Å². The van der Waals surface area contributed by atoms with E-state index in [9.17, 15) is 0 Å². The van der Waals surface area contributed by atoms with Crippen LogP contribution >= 0.6 is 0 Å². The summed E-state index contributed by atoms with van der Waals surface area (Å²) in [6, 6.07) is 3.18. The smallest absolute Gasteiger partial charge is 0.158 e. The van der Waals surface area contributed by atoms with E-state index < -0.39 is 0 Å². The van der Waals surface area contributed by atoms with Crippen LogP contribution in [0.25, 0.3) is 0 Å². The van der Waals surface area contributed by atoms with Crippen molar-refractivity contribution in [1.29, 1.82) is 0 Å². The van der Waals surface area contributed by atoms with E-state index in [2.05, 4.69) is 39.5 Å². The molecule has 1 aromatic heterocycles. The summed E-state index contributed by atoms with van der Waals surface area (Å²) in [4.78, 5) is 11.2. The number of hydrogen-bond acceptors (Lipinski definition) is 6. The third-order valence-electron chi connectivity index (χ3n) is 3.70. The zero-order valence-corrected chi connectivity index (χ0v) is 12.8. The first kappa shape index (κ1) is 15.0. The van der Waals surface area contributed by atoms with Gasteiger partial charge in [-0.2, -0.15) is 0 Å². The second-order valence-corrected chi connectivity index (χ2v) is 5.36. The number of anilines is 2. The molecule has 1 atom stereocenters. The number of methoxy groups -OCH3 is 1. The molecule has 0 aliphatic heterocycles. The topological polar surface area (TPSA) is 62.3 Å². The number of rotatable bonds is 8. The van der Waals surface area contributed by atoms with Crippen molar-refractivity contribution < 1.29 is 4.74 Å². The van der Waals surface area contributed by atoms with Crippen molar-refractivity contribution in [2.75, 3.05) is 38.4 Å². The van der Waals surface area contributed by atoms with Crippen LogP contribution in [0.1, 0.15) is 25.6 Å². The van der Waals surface area contributed by atoms with Gasteiger partial charge in [0.1, 0.15) is 18.2 Å². The number of ether oxygens (including phenoxy) is 1. The Morgan fingerprint density at radius 1 is 1.40 bits per heavy atom. The third kappa shape index (κ3) is 4.05. The van der Waals surface area contributed by atoms with E-state index in [1.54, 1.807) is 7.11 Å². The van der Waals surface area contributed by atoms with E-state index >= 15 is 0 Å². The van der Waals surface area contributed by atoms with Crippen molar-refractivity contribution in [2.45, 2.75) is 38.5 Å². The Hall–Kier alpha value is -1.40. The average molecular weight is 279 g/mol. The van der Waals surface area contributed by atoms with Gasteiger partial charge in [-0.25, -0.2) is 9.97 Å². The Kier molecular flexibility index (Phi) is 5.14. The Bertz CT molecular complexity index is 436. The quantitative estimate of drug-likeness (QED) is 0.753. The second kappa shape index (κ2) is 6.85. The molecule has 1 saturated carbocycles. The highest BCUT2D eigenvalue weighted by atomic mass is 16.5. The van der Waals surface area contributed by atoms with Gasteiger partial charge in [-0.15, -0.1) is 0 Å². The lowest BCUT2D eigenvalue weighted by molar-refractivity contribution is 0.178. The van der Waals surface area contributed by atoms with Crippen molar-refractivity contribution >= 4 is 11.6 Å². The molecule has 1 unspecified atom stereocenters. The van der Waals surface area contributed by atoms with Gasteiger partial charge in [0.05, 0.1) is 0 Å². The summed E-state index contributed by atoms with van der Waals surface area (Å²) in [5.41, 5.74) is 0. The molecule has 0 aromatic carbocycles. The molecule has 0 radical (unpaired) electrons. The molecule has 1 aromatic rings. The molecule has 2 rings (SSSR count). The van der Waals surface area contributed by atoms with Crippen molar-refractivity contribution in [3.8, 4) is 0 Å². The number of hydrogen-bond donors (Lipinski definition) is 2. The molecule has 2 N–H and O–H groups in total. The first-order valence-electron chi connectivity index (χ1n) is 7.14. The van der Waals surface area contributed by atoms with Crippen molar-refractivity contribution in [2.24, 2.45) is 0 Å². The fourth-order valence-corrected chi connectivity index (χ4v) is 2.15. The lowest BCUT2D eigenvalue weighted by atomic mass is 10.3. The molecule has 0 amide bonds. The maximum atomic E-state index is 5.10. The Labute approximate surface area is 120 Å². The summed E-state index contributed by atoms with van der Waals surface area (Å²) in [7, 11) is 5.70. The molecular weight excluding hydrogens is 254 g/mol. The van der Waals surface area contributed by atoms with Crippen LogP contribution in [0, 0.1) is 0 Å². The maximum Gasteiger partial charge on any atom is 0.158 e. The number of nitrogens with one attached hydrogen (secondary N) is 2. The van der Waals surface area contributed by atoms with Gasteiger partial charge in [-0.1, -0.05) is 0 Å². The van der Waals surface area contributed by atoms with Gasteiger partial charge in [0.15, 0.2) is 5.82 Å². The molecule has 20 heavy (non-hydrogen) atoms. The second-order valence-electron chi connectivity index (χ2n) is 5.36. The normalized spacial score (nSPS) is 16.2. The molecule has 6 nitrogen and oxygen atoms in total. The van der Waals surface area contributed by atoms with Gasteiger partial charge < -0.3 is 15.4 Å². The molecule has 1 aliphatic rings. The Morgan fingerprint density at radius 2 is 2.10 bits per heavy atom. The fourth-order valence-electron chi connectivity index (χ4n) is 2.15. The van der Waals surface area contributed by atoms with Crippen LogP contribution in [-0.4, -0.2) is 54.7 Å². The predicted octanol–water partition coefficient (Wildman–Crippen LogP) is 1.56. The summed E-state index contributed by atoms with van der Waals surface area (Å²) >= 11 is 0. The van der Waals surface area contributed by atoms with E-state index in [1.807, 2.05) is 13.1 Å². The summed E-state index contributed by atoms with van der Waals surface area (Å²) in [5, 5.41) is 6.44.